The Hall–Kier alpha value is -2.67. The van der Waals surface area contributed by atoms with Crippen LogP contribution < -0.4 is 4.74 Å². The van der Waals surface area contributed by atoms with Crippen LogP contribution in [0.15, 0.2) is 46.3 Å². The van der Waals surface area contributed by atoms with E-state index < -0.39 is 0 Å². The maximum absolute atomic E-state index is 12.5. The molecule has 1 unspecified atom stereocenters. The molecule has 1 aromatic carbocycles. The molecule has 0 bridgehead atoms. The average Bonchev–Trinajstić information content (AvgIpc) is 3.38. The molecule has 0 N–H and O–H groups in total. The van der Waals surface area contributed by atoms with Crippen molar-refractivity contribution in [1.82, 2.24) is 15.0 Å². The Morgan fingerprint density at radius 3 is 3.04 bits per heavy atom. The van der Waals surface area contributed by atoms with E-state index in [-0.39, 0.29) is 12.5 Å². The van der Waals surface area contributed by atoms with Gasteiger partial charge in [-0.05, 0) is 42.3 Å². The van der Waals surface area contributed by atoms with Gasteiger partial charge >= 0.3 is 0 Å². The van der Waals surface area contributed by atoms with E-state index in [4.69, 9.17) is 9.26 Å². The van der Waals surface area contributed by atoms with Gasteiger partial charge in [-0.1, -0.05) is 30.3 Å². The van der Waals surface area contributed by atoms with Crippen LogP contribution in [0.3, 0.4) is 0 Å². The lowest BCUT2D eigenvalue weighted by Gasteiger charge is -2.30. The highest BCUT2D eigenvalue weighted by Gasteiger charge is 2.22. The summed E-state index contributed by atoms with van der Waals surface area (Å²) in [6, 6.07) is 11.3. The fourth-order valence-electron chi connectivity index (χ4n) is 3.26. The van der Waals surface area contributed by atoms with E-state index >= 15 is 0 Å². The number of hydrogen-bond acceptors (Lipinski definition) is 6. The molecule has 4 rings (SSSR count). The topological polar surface area (TPSA) is 68.5 Å². The number of benzene rings is 1. The fourth-order valence-corrected chi connectivity index (χ4v) is 3.90. The average molecular weight is 383 g/mol. The lowest BCUT2D eigenvalue weighted by atomic mass is 10.0. The van der Waals surface area contributed by atoms with Crippen LogP contribution in [0.1, 0.15) is 19.8 Å². The lowest BCUT2D eigenvalue weighted by Crippen LogP contribution is -2.41. The molecule has 0 radical (unpaired) electrons. The Kier molecular flexibility index (Phi) is 5.20. The summed E-state index contributed by atoms with van der Waals surface area (Å²) in [6.07, 6.45) is 2.23. The quantitative estimate of drug-likeness (QED) is 0.663. The molecular weight excluding hydrogens is 362 g/mol. The van der Waals surface area contributed by atoms with Crippen LogP contribution >= 0.6 is 11.3 Å². The first-order valence-corrected chi connectivity index (χ1v) is 9.96. The predicted molar refractivity (Wildman–Crippen MR) is 104 cm³/mol. The number of aromatic nitrogens is 2. The summed E-state index contributed by atoms with van der Waals surface area (Å²) in [5.41, 5.74) is 0.712. The van der Waals surface area contributed by atoms with Gasteiger partial charge in [-0.15, -0.1) is 11.3 Å². The van der Waals surface area contributed by atoms with Gasteiger partial charge in [-0.25, -0.2) is 0 Å². The van der Waals surface area contributed by atoms with Crippen LogP contribution in [0.25, 0.3) is 22.2 Å². The van der Waals surface area contributed by atoms with Gasteiger partial charge in [-0.2, -0.15) is 4.98 Å². The molecular formula is C20H21N3O3S. The zero-order valence-corrected chi connectivity index (χ0v) is 15.9. The molecule has 1 saturated heterocycles. The molecule has 0 saturated carbocycles. The van der Waals surface area contributed by atoms with Crippen molar-refractivity contribution >= 4 is 17.2 Å². The first-order valence-electron chi connectivity index (χ1n) is 9.08. The van der Waals surface area contributed by atoms with E-state index in [1.807, 2.05) is 46.7 Å². The van der Waals surface area contributed by atoms with Crippen molar-refractivity contribution in [3.8, 4) is 27.9 Å². The normalized spacial score (nSPS) is 17.1. The van der Waals surface area contributed by atoms with Crippen molar-refractivity contribution in [2.24, 2.45) is 5.92 Å². The Balaban J connectivity index is 1.48. The van der Waals surface area contributed by atoms with Crippen LogP contribution in [0.4, 0.5) is 0 Å². The molecule has 1 fully saturated rings. The second-order valence-electron chi connectivity index (χ2n) is 6.77. The first kappa shape index (κ1) is 17.7. The van der Waals surface area contributed by atoms with E-state index in [0.29, 0.717) is 28.9 Å². The maximum Gasteiger partial charge on any atom is 0.268 e. The number of rotatable bonds is 5. The number of carbonyl (C=O) groups is 1. The number of likely N-dealkylation sites (tertiary alicyclic amines) is 1. The zero-order chi connectivity index (χ0) is 18.6. The van der Waals surface area contributed by atoms with Crippen molar-refractivity contribution in [2.45, 2.75) is 19.8 Å². The molecule has 3 heterocycles. The second kappa shape index (κ2) is 7.92. The minimum Gasteiger partial charge on any atom is -0.483 e. The number of amides is 1. The highest BCUT2D eigenvalue weighted by molar-refractivity contribution is 7.13. The number of para-hydroxylation sites is 1. The molecule has 27 heavy (non-hydrogen) atoms. The minimum atomic E-state index is 0.0133. The molecule has 2 aromatic heterocycles. The van der Waals surface area contributed by atoms with Gasteiger partial charge < -0.3 is 14.2 Å². The SMILES string of the molecule is CC1CCCN(C(=O)COc2ccccc2-c2noc(-c3cccs3)n2)C1. The molecule has 0 aliphatic carbocycles. The third-order valence-electron chi connectivity index (χ3n) is 4.65. The Bertz CT molecular complexity index is 907. The third-order valence-corrected chi connectivity index (χ3v) is 5.50. The van der Waals surface area contributed by atoms with Gasteiger partial charge in [0.1, 0.15) is 5.75 Å². The van der Waals surface area contributed by atoms with E-state index in [1.54, 1.807) is 11.3 Å². The second-order valence-corrected chi connectivity index (χ2v) is 7.72. The Morgan fingerprint density at radius 2 is 2.22 bits per heavy atom. The largest absolute Gasteiger partial charge is 0.483 e. The van der Waals surface area contributed by atoms with E-state index in [9.17, 15) is 4.79 Å². The van der Waals surface area contributed by atoms with Gasteiger partial charge in [0.2, 0.25) is 5.82 Å². The predicted octanol–water partition coefficient (Wildman–Crippen LogP) is 4.10. The van der Waals surface area contributed by atoms with Crippen LogP contribution in [-0.4, -0.2) is 40.6 Å². The summed E-state index contributed by atoms with van der Waals surface area (Å²) in [5, 5.41) is 6.04. The Labute approximate surface area is 161 Å². The van der Waals surface area contributed by atoms with E-state index in [0.717, 1.165) is 24.4 Å². The van der Waals surface area contributed by atoms with Crippen LogP contribution in [0.5, 0.6) is 5.75 Å². The van der Waals surface area contributed by atoms with Crippen LogP contribution in [0.2, 0.25) is 0 Å². The van der Waals surface area contributed by atoms with Crippen molar-refractivity contribution in [1.29, 1.82) is 0 Å². The monoisotopic (exact) mass is 383 g/mol. The van der Waals surface area contributed by atoms with Crippen molar-refractivity contribution in [3.63, 3.8) is 0 Å². The van der Waals surface area contributed by atoms with Gasteiger partial charge in [0.25, 0.3) is 11.8 Å². The molecule has 1 aliphatic heterocycles. The summed E-state index contributed by atoms with van der Waals surface area (Å²) in [7, 11) is 0. The number of ether oxygens (including phenoxy) is 1. The zero-order valence-electron chi connectivity index (χ0n) is 15.1. The molecule has 1 amide bonds. The highest BCUT2D eigenvalue weighted by atomic mass is 32.1. The molecule has 6 nitrogen and oxygen atoms in total. The summed E-state index contributed by atoms with van der Waals surface area (Å²) < 4.78 is 11.2. The smallest absolute Gasteiger partial charge is 0.268 e. The summed E-state index contributed by atoms with van der Waals surface area (Å²) in [4.78, 5) is 19.8. The standard InChI is InChI=1S/C20H21N3O3S/c1-14-6-4-10-23(12-14)18(24)13-25-16-8-3-2-7-15(16)19-21-20(26-22-19)17-9-5-11-27-17/h2-3,5,7-9,11,14H,4,6,10,12-13H2,1H3. The maximum atomic E-state index is 12.5. The molecule has 1 aliphatic rings. The van der Waals surface area contributed by atoms with E-state index in [2.05, 4.69) is 17.1 Å². The molecule has 1 atom stereocenters. The molecule has 3 aromatic rings. The first-order chi connectivity index (χ1) is 13.2. The molecule has 140 valence electrons. The van der Waals surface area contributed by atoms with Crippen molar-refractivity contribution in [3.05, 3.63) is 41.8 Å². The molecule has 0 spiro atoms. The molecule has 7 heteroatoms. The van der Waals surface area contributed by atoms with Crippen molar-refractivity contribution in [2.75, 3.05) is 19.7 Å². The van der Waals surface area contributed by atoms with Gasteiger partial charge in [0.15, 0.2) is 6.61 Å². The highest BCUT2D eigenvalue weighted by Crippen LogP contribution is 2.31. The summed E-state index contributed by atoms with van der Waals surface area (Å²) in [5.74, 6) is 2.07. The van der Waals surface area contributed by atoms with E-state index in [1.165, 1.54) is 6.42 Å². The minimum absolute atomic E-state index is 0.0133. The van der Waals surface area contributed by atoms with Gasteiger partial charge in [-0.3, -0.25) is 4.79 Å². The number of nitrogens with zero attached hydrogens (tertiary/aromatic N) is 3. The van der Waals surface area contributed by atoms with Crippen LogP contribution in [0, 0.1) is 5.92 Å². The number of thiophene rings is 1. The summed E-state index contributed by atoms with van der Waals surface area (Å²) in [6.45, 7) is 3.80. The lowest BCUT2D eigenvalue weighted by molar-refractivity contribution is -0.135. The number of piperidine rings is 1. The number of carbonyl (C=O) groups excluding carboxylic acids is 1. The fraction of sp³-hybridized carbons (Fsp3) is 0.350. The van der Waals surface area contributed by atoms with Gasteiger partial charge in [0.05, 0.1) is 10.4 Å². The number of hydrogen-bond donors (Lipinski definition) is 0. The Morgan fingerprint density at radius 1 is 1.33 bits per heavy atom. The third kappa shape index (κ3) is 4.03. The van der Waals surface area contributed by atoms with Crippen LogP contribution in [-0.2, 0) is 4.79 Å². The summed E-state index contributed by atoms with van der Waals surface area (Å²) >= 11 is 1.54. The van der Waals surface area contributed by atoms with Crippen molar-refractivity contribution < 1.29 is 14.1 Å². The van der Waals surface area contributed by atoms with Gasteiger partial charge in [0, 0.05) is 13.1 Å².